The quantitative estimate of drug-likeness (QED) is 0.721. The zero-order valence-corrected chi connectivity index (χ0v) is 11.1. The molecule has 2 nitrogen and oxygen atoms in total. The van der Waals surface area contributed by atoms with E-state index in [0.717, 1.165) is 16.9 Å². The summed E-state index contributed by atoms with van der Waals surface area (Å²) in [5.41, 5.74) is 2.20. The van der Waals surface area contributed by atoms with Crippen molar-refractivity contribution in [3.8, 4) is 5.75 Å². The van der Waals surface area contributed by atoms with Gasteiger partial charge in [-0.05, 0) is 23.3 Å². The average Bonchev–Trinajstić information content (AvgIpc) is 2.49. The van der Waals surface area contributed by atoms with E-state index in [1.165, 1.54) is 0 Å². The molecule has 0 bridgehead atoms. The Hall–Kier alpha value is -2.06. The Morgan fingerprint density at radius 1 is 1.11 bits per heavy atom. The lowest BCUT2D eigenvalue weighted by molar-refractivity contribution is 0.0719. The number of methoxy groups -OCH3 is 1. The molecule has 2 aromatic rings. The van der Waals surface area contributed by atoms with Crippen molar-refractivity contribution in [1.82, 2.24) is 0 Å². The van der Waals surface area contributed by atoms with Crippen LogP contribution in [0.1, 0.15) is 17.2 Å². The Morgan fingerprint density at radius 2 is 1.89 bits per heavy atom. The largest absolute Gasteiger partial charge is 0.497 e. The van der Waals surface area contributed by atoms with Crippen LogP contribution >= 0.6 is 0 Å². The maximum absolute atomic E-state index is 5.89. The summed E-state index contributed by atoms with van der Waals surface area (Å²) in [4.78, 5) is 0. The second kappa shape index (κ2) is 6.76. The third-order valence-corrected chi connectivity index (χ3v) is 2.91. The summed E-state index contributed by atoms with van der Waals surface area (Å²) >= 11 is 0. The monoisotopic (exact) mass is 254 g/mol. The maximum atomic E-state index is 5.89. The van der Waals surface area contributed by atoms with E-state index in [4.69, 9.17) is 9.47 Å². The number of rotatable bonds is 6. The molecule has 0 heterocycles. The fraction of sp³-hybridized carbons (Fsp3) is 0.176. The average molecular weight is 254 g/mol. The Bertz CT molecular complexity index is 520. The van der Waals surface area contributed by atoms with E-state index in [1.54, 1.807) is 13.2 Å². The van der Waals surface area contributed by atoms with Crippen molar-refractivity contribution in [2.45, 2.75) is 12.7 Å². The highest BCUT2D eigenvalue weighted by atomic mass is 16.5. The molecule has 0 amide bonds. The van der Waals surface area contributed by atoms with Crippen LogP contribution in [0.3, 0.4) is 0 Å². The Kier molecular flexibility index (Phi) is 4.76. The molecule has 2 rings (SSSR count). The fourth-order valence-electron chi connectivity index (χ4n) is 1.88. The van der Waals surface area contributed by atoms with Gasteiger partial charge < -0.3 is 9.47 Å². The molecule has 0 saturated heterocycles. The lowest BCUT2D eigenvalue weighted by atomic mass is 10.1. The van der Waals surface area contributed by atoms with Crippen molar-refractivity contribution in [1.29, 1.82) is 0 Å². The van der Waals surface area contributed by atoms with Crippen LogP contribution in [0, 0.1) is 0 Å². The molecule has 0 aliphatic carbocycles. The third kappa shape index (κ3) is 3.70. The molecule has 1 atom stereocenters. The zero-order valence-electron chi connectivity index (χ0n) is 11.1. The lowest BCUT2D eigenvalue weighted by Gasteiger charge is -2.15. The van der Waals surface area contributed by atoms with Crippen molar-refractivity contribution >= 4 is 0 Å². The van der Waals surface area contributed by atoms with E-state index in [9.17, 15) is 0 Å². The molecule has 0 aliphatic rings. The molecule has 0 unspecified atom stereocenters. The van der Waals surface area contributed by atoms with Gasteiger partial charge in [0.2, 0.25) is 0 Å². The molecule has 0 aliphatic heterocycles. The van der Waals surface area contributed by atoms with Crippen molar-refractivity contribution in [2.24, 2.45) is 0 Å². The van der Waals surface area contributed by atoms with Gasteiger partial charge in [-0.25, -0.2) is 0 Å². The van der Waals surface area contributed by atoms with E-state index in [-0.39, 0.29) is 6.10 Å². The molecular weight excluding hydrogens is 236 g/mol. The van der Waals surface area contributed by atoms with Crippen LogP contribution in [-0.4, -0.2) is 7.11 Å². The molecule has 2 aromatic carbocycles. The van der Waals surface area contributed by atoms with Gasteiger partial charge in [0.15, 0.2) is 0 Å². The highest BCUT2D eigenvalue weighted by molar-refractivity contribution is 5.31. The van der Waals surface area contributed by atoms with E-state index in [2.05, 4.69) is 6.58 Å². The van der Waals surface area contributed by atoms with Crippen LogP contribution in [0.2, 0.25) is 0 Å². The molecule has 2 heteroatoms. The minimum atomic E-state index is -0.129. The van der Waals surface area contributed by atoms with E-state index >= 15 is 0 Å². The Morgan fingerprint density at radius 3 is 2.58 bits per heavy atom. The van der Waals surface area contributed by atoms with Gasteiger partial charge in [-0.2, -0.15) is 0 Å². The molecule has 0 fully saturated rings. The van der Waals surface area contributed by atoms with Crippen molar-refractivity contribution in [2.75, 3.05) is 7.11 Å². The fourth-order valence-corrected chi connectivity index (χ4v) is 1.88. The lowest BCUT2D eigenvalue weighted by Crippen LogP contribution is -2.02. The van der Waals surface area contributed by atoms with Crippen LogP contribution in [-0.2, 0) is 11.3 Å². The summed E-state index contributed by atoms with van der Waals surface area (Å²) in [6.45, 7) is 4.40. The van der Waals surface area contributed by atoms with Crippen LogP contribution in [0.15, 0.2) is 67.3 Å². The minimum Gasteiger partial charge on any atom is -0.497 e. The zero-order chi connectivity index (χ0) is 13.5. The van der Waals surface area contributed by atoms with Gasteiger partial charge in [-0.1, -0.05) is 48.5 Å². The van der Waals surface area contributed by atoms with Gasteiger partial charge in [0, 0.05) is 0 Å². The van der Waals surface area contributed by atoms with Crippen LogP contribution in [0.5, 0.6) is 5.75 Å². The number of benzene rings is 2. The van der Waals surface area contributed by atoms with Crippen LogP contribution in [0.25, 0.3) is 0 Å². The summed E-state index contributed by atoms with van der Waals surface area (Å²) in [6.07, 6.45) is 1.67. The highest BCUT2D eigenvalue weighted by Gasteiger charge is 2.08. The molecule has 0 N–H and O–H groups in total. The summed E-state index contributed by atoms with van der Waals surface area (Å²) in [7, 11) is 1.66. The first-order valence-electron chi connectivity index (χ1n) is 6.25. The van der Waals surface area contributed by atoms with Gasteiger partial charge in [0.25, 0.3) is 0 Å². The second-order valence-electron chi connectivity index (χ2n) is 4.23. The molecule has 19 heavy (non-hydrogen) atoms. The number of hydrogen-bond donors (Lipinski definition) is 0. The topological polar surface area (TPSA) is 18.5 Å². The number of hydrogen-bond acceptors (Lipinski definition) is 2. The van der Waals surface area contributed by atoms with Gasteiger partial charge in [-0.15, -0.1) is 6.58 Å². The smallest absolute Gasteiger partial charge is 0.119 e. The first-order chi connectivity index (χ1) is 9.33. The molecule has 0 saturated carbocycles. The van der Waals surface area contributed by atoms with Crippen molar-refractivity contribution in [3.05, 3.63) is 78.4 Å². The van der Waals surface area contributed by atoms with Gasteiger partial charge in [0.1, 0.15) is 11.9 Å². The first-order valence-corrected chi connectivity index (χ1v) is 6.25. The highest BCUT2D eigenvalue weighted by Crippen LogP contribution is 2.23. The Labute approximate surface area is 114 Å². The summed E-state index contributed by atoms with van der Waals surface area (Å²) < 4.78 is 11.1. The van der Waals surface area contributed by atoms with Gasteiger partial charge >= 0.3 is 0 Å². The Balaban J connectivity index is 2.05. The van der Waals surface area contributed by atoms with Crippen LogP contribution < -0.4 is 4.74 Å². The summed E-state index contributed by atoms with van der Waals surface area (Å²) in [5, 5.41) is 0. The molecule has 0 spiro atoms. The predicted octanol–water partition coefficient (Wildman–Crippen LogP) is 4.14. The molecule has 0 radical (unpaired) electrons. The van der Waals surface area contributed by atoms with Crippen LogP contribution in [0.4, 0.5) is 0 Å². The van der Waals surface area contributed by atoms with Gasteiger partial charge in [-0.3, -0.25) is 0 Å². The molecule has 98 valence electrons. The van der Waals surface area contributed by atoms with Crippen molar-refractivity contribution in [3.63, 3.8) is 0 Å². The van der Waals surface area contributed by atoms with Crippen molar-refractivity contribution < 1.29 is 9.47 Å². The van der Waals surface area contributed by atoms with E-state index in [0.29, 0.717) is 6.61 Å². The van der Waals surface area contributed by atoms with E-state index < -0.39 is 0 Å². The minimum absolute atomic E-state index is 0.129. The standard InChI is InChI=1S/C17H18O2/c1-3-17(15-10-7-11-16(12-15)18-2)19-13-14-8-5-4-6-9-14/h3-12,17H,1,13H2,2H3/t17-/m0/s1. The molecule has 0 aromatic heterocycles. The normalized spacial score (nSPS) is 11.8. The second-order valence-corrected chi connectivity index (χ2v) is 4.23. The predicted molar refractivity (Wildman–Crippen MR) is 77.2 cm³/mol. The molecular formula is C17H18O2. The van der Waals surface area contributed by atoms with E-state index in [1.807, 2.05) is 54.6 Å². The maximum Gasteiger partial charge on any atom is 0.119 e. The van der Waals surface area contributed by atoms with Gasteiger partial charge in [0.05, 0.1) is 13.7 Å². The number of ether oxygens (including phenoxy) is 2. The third-order valence-electron chi connectivity index (χ3n) is 2.91. The summed E-state index contributed by atoms with van der Waals surface area (Å²) in [5.74, 6) is 0.827. The SMILES string of the molecule is C=C[C@H](OCc1ccccc1)c1cccc(OC)c1. The first kappa shape index (κ1) is 13.4. The summed E-state index contributed by atoms with van der Waals surface area (Å²) in [6, 6.07) is 18.0.